The molecule has 0 aromatic heterocycles. The highest BCUT2D eigenvalue weighted by Gasteiger charge is 2.33. The van der Waals surface area contributed by atoms with Gasteiger partial charge >= 0.3 is 12.1 Å². The maximum Gasteiger partial charge on any atom is 0.408 e. The number of carbonyl (C=O) groups is 5. The molecule has 0 fully saturated rings. The molecular weight excluding hydrogens is 468 g/mol. The fourth-order valence-electron chi connectivity index (χ4n) is 3.04. The van der Waals surface area contributed by atoms with Crippen molar-refractivity contribution in [2.45, 2.75) is 71.2 Å². The van der Waals surface area contributed by atoms with E-state index in [1.165, 1.54) is 6.92 Å². The molecule has 0 aliphatic carbocycles. The Balaban J connectivity index is 2.85. The fourth-order valence-corrected chi connectivity index (χ4v) is 3.04. The highest BCUT2D eigenvalue weighted by Crippen LogP contribution is 2.11. The van der Waals surface area contributed by atoms with Gasteiger partial charge in [-0.3, -0.25) is 14.4 Å². The molecule has 12 heteroatoms. The first-order valence-corrected chi connectivity index (χ1v) is 11.1. The number of amides is 3. The summed E-state index contributed by atoms with van der Waals surface area (Å²) in [5.41, 5.74) is 0.740. The van der Waals surface area contributed by atoms with E-state index in [2.05, 4.69) is 10.6 Å². The molecule has 194 valence electrons. The van der Waals surface area contributed by atoms with Crippen LogP contribution in [0.2, 0.25) is 0 Å². The third-order valence-corrected chi connectivity index (χ3v) is 5.28. The molecule has 0 heterocycles. The van der Waals surface area contributed by atoms with Crippen molar-refractivity contribution in [2.75, 3.05) is 0 Å². The van der Waals surface area contributed by atoms with Crippen LogP contribution in [0.3, 0.4) is 0 Å². The number of carbonyl (C=O) groups excluding carboxylic acids is 4. The Morgan fingerprint density at radius 2 is 1.51 bits per heavy atom. The smallest absolute Gasteiger partial charge is 0.408 e. The van der Waals surface area contributed by atoms with E-state index < -0.39 is 60.6 Å². The molecule has 0 saturated carbocycles. The van der Waals surface area contributed by atoms with Crippen LogP contribution in [-0.4, -0.2) is 59.3 Å². The molecule has 3 amide bonds. The predicted molar refractivity (Wildman–Crippen MR) is 120 cm³/mol. The van der Waals surface area contributed by atoms with Crippen LogP contribution in [0.15, 0.2) is 30.3 Å². The van der Waals surface area contributed by atoms with Gasteiger partial charge in [-0.15, -0.1) is 0 Å². The van der Waals surface area contributed by atoms with Crippen LogP contribution >= 0.6 is 0 Å². The summed E-state index contributed by atoms with van der Waals surface area (Å²) in [6.45, 7) is 4.99. The Labute approximate surface area is 201 Å². The van der Waals surface area contributed by atoms with Gasteiger partial charge in [-0.1, -0.05) is 57.5 Å². The van der Waals surface area contributed by atoms with E-state index >= 15 is 0 Å². The second kappa shape index (κ2) is 14.6. The summed E-state index contributed by atoms with van der Waals surface area (Å²) in [6, 6.07) is 4.57. The first-order valence-electron chi connectivity index (χ1n) is 11.1. The normalized spacial score (nSPS) is 14.2. The SMILES string of the molecule is CCC(NC(=O)C(NC(=O)OCc1ccccc1)[C@@H](C)CC)C(=O)NC(CC(F)F)C(=O)C(=O)O. The van der Waals surface area contributed by atoms with E-state index in [-0.39, 0.29) is 18.9 Å². The second-order valence-corrected chi connectivity index (χ2v) is 7.90. The van der Waals surface area contributed by atoms with Crippen LogP contribution in [0.1, 0.15) is 45.6 Å². The van der Waals surface area contributed by atoms with Gasteiger partial charge in [0.15, 0.2) is 0 Å². The Morgan fingerprint density at radius 1 is 0.914 bits per heavy atom. The number of ketones is 1. The molecule has 0 radical (unpaired) electrons. The molecule has 4 N–H and O–H groups in total. The lowest BCUT2D eigenvalue weighted by molar-refractivity contribution is -0.151. The maximum atomic E-state index is 12.9. The van der Waals surface area contributed by atoms with Crippen LogP contribution in [-0.2, 0) is 30.5 Å². The van der Waals surface area contributed by atoms with Crippen LogP contribution in [0.4, 0.5) is 13.6 Å². The van der Waals surface area contributed by atoms with Crippen LogP contribution in [0, 0.1) is 5.92 Å². The zero-order valence-electron chi connectivity index (χ0n) is 19.8. The van der Waals surface area contributed by atoms with Crippen molar-refractivity contribution in [1.29, 1.82) is 0 Å². The van der Waals surface area contributed by atoms with E-state index in [1.807, 2.05) is 5.32 Å². The first kappa shape index (κ1) is 29.5. The number of nitrogens with one attached hydrogen (secondary N) is 3. The highest BCUT2D eigenvalue weighted by atomic mass is 19.3. The number of Topliss-reactive ketones (excluding diaryl/α,β-unsaturated/α-hetero) is 1. The van der Waals surface area contributed by atoms with Gasteiger partial charge in [-0.05, 0) is 17.9 Å². The second-order valence-electron chi connectivity index (χ2n) is 7.90. The number of alkyl halides is 2. The number of benzene rings is 1. The Hall–Kier alpha value is -3.57. The predicted octanol–water partition coefficient (Wildman–Crippen LogP) is 2.02. The lowest BCUT2D eigenvalue weighted by Gasteiger charge is -2.26. The molecule has 0 aliphatic rings. The quantitative estimate of drug-likeness (QED) is 0.286. The molecule has 1 aromatic rings. The van der Waals surface area contributed by atoms with Crippen molar-refractivity contribution >= 4 is 29.7 Å². The number of carboxylic acid groups (broad SMARTS) is 1. The van der Waals surface area contributed by atoms with Gasteiger partial charge in [-0.25, -0.2) is 18.4 Å². The molecule has 1 rings (SSSR count). The number of aliphatic carboxylic acids is 1. The number of halogens is 2. The summed E-state index contributed by atoms with van der Waals surface area (Å²) in [5.74, 6) is -5.66. The van der Waals surface area contributed by atoms with Crippen molar-refractivity contribution in [3.63, 3.8) is 0 Å². The number of carboxylic acids is 1. The van der Waals surface area contributed by atoms with E-state index in [4.69, 9.17) is 9.84 Å². The minimum Gasteiger partial charge on any atom is -0.475 e. The van der Waals surface area contributed by atoms with Gasteiger partial charge in [0.2, 0.25) is 18.2 Å². The molecule has 0 bridgehead atoms. The number of hydrogen-bond acceptors (Lipinski definition) is 6. The topological polar surface area (TPSA) is 151 Å². The molecular formula is C23H31F2N3O7. The van der Waals surface area contributed by atoms with Gasteiger partial charge in [0, 0.05) is 6.42 Å². The molecule has 1 aromatic carbocycles. The molecule has 10 nitrogen and oxygen atoms in total. The van der Waals surface area contributed by atoms with Gasteiger partial charge < -0.3 is 25.8 Å². The zero-order valence-corrected chi connectivity index (χ0v) is 19.8. The fraction of sp³-hybridized carbons (Fsp3) is 0.522. The molecule has 3 unspecified atom stereocenters. The summed E-state index contributed by atoms with van der Waals surface area (Å²) in [6.07, 6.45) is -4.59. The number of ether oxygens (including phenoxy) is 1. The monoisotopic (exact) mass is 499 g/mol. The average Bonchev–Trinajstić information content (AvgIpc) is 2.83. The van der Waals surface area contributed by atoms with Gasteiger partial charge in [0.25, 0.3) is 5.78 Å². The van der Waals surface area contributed by atoms with Crippen molar-refractivity contribution in [1.82, 2.24) is 16.0 Å². The van der Waals surface area contributed by atoms with Gasteiger partial charge in [-0.2, -0.15) is 0 Å². The standard InChI is InChI=1S/C23H31F2N3O7/c1-4-13(3)18(28-23(34)35-12-14-9-7-6-8-10-14)21(31)26-15(5-2)20(30)27-16(11-17(24)25)19(29)22(32)33/h6-10,13,15-18H,4-5,11-12H2,1-3H3,(H,26,31)(H,27,30)(H,28,34)(H,32,33)/t13-,15?,16?,18?/m0/s1. The summed E-state index contributed by atoms with van der Waals surface area (Å²) >= 11 is 0. The van der Waals surface area contributed by atoms with Crippen LogP contribution in [0.25, 0.3) is 0 Å². The largest absolute Gasteiger partial charge is 0.475 e. The summed E-state index contributed by atoms with van der Waals surface area (Å²) < 4.78 is 30.7. The van der Waals surface area contributed by atoms with E-state index in [1.54, 1.807) is 44.2 Å². The zero-order chi connectivity index (χ0) is 26.5. The maximum absolute atomic E-state index is 12.9. The van der Waals surface area contributed by atoms with Gasteiger partial charge in [0.1, 0.15) is 24.7 Å². The van der Waals surface area contributed by atoms with Crippen molar-refractivity contribution < 1.29 is 42.6 Å². The van der Waals surface area contributed by atoms with E-state index in [9.17, 15) is 32.8 Å². The van der Waals surface area contributed by atoms with Crippen molar-refractivity contribution in [3.8, 4) is 0 Å². The lowest BCUT2D eigenvalue weighted by Crippen LogP contribution is -2.57. The minimum atomic E-state index is -3.04. The number of alkyl carbamates (subject to hydrolysis) is 1. The first-order chi connectivity index (χ1) is 16.5. The van der Waals surface area contributed by atoms with E-state index in [0.29, 0.717) is 6.42 Å². The summed E-state index contributed by atoms with van der Waals surface area (Å²) in [4.78, 5) is 60.3. The molecule has 0 spiro atoms. The van der Waals surface area contributed by atoms with Gasteiger partial charge in [0.05, 0.1) is 0 Å². The molecule has 4 atom stereocenters. The molecule has 35 heavy (non-hydrogen) atoms. The summed E-state index contributed by atoms with van der Waals surface area (Å²) in [7, 11) is 0. The van der Waals surface area contributed by atoms with Crippen molar-refractivity contribution in [3.05, 3.63) is 35.9 Å². The van der Waals surface area contributed by atoms with E-state index in [0.717, 1.165) is 5.56 Å². The molecule has 0 aliphatic heterocycles. The van der Waals surface area contributed by atoms with Crippen molar-refractivity contribution in [2.24, 2.45) is 5.92 Å². The Bertz CT molecular complexity index is 883. The lowest BCUT2D eigenvalue weighted by atomic mass is 9.98. The number of hydrogen-bond donors (Lipinski definition) is 4. The van der Waals surface area contributed by atoms with Crippen LogP contribution in [0.5, 0.6) is 0 Å². The summed E-state index contributed by atoms with van der Waals surface area (Å²) in [5, 5.41) is 15.7. The highest BCUT2D eigenvalue weighted by molar-refractivity contribution is 6.35. The minimum absolute atomic E-state index is 0.00587. The Morgan fingerprint density at radius 3 is 2.03 bits per heavy atom. The average molecular weight is 500 g/mol. The Kier molecular flexibility index (Phi) is 12.3. The third-order valence-electron chi connectivity index (χ3n) is 5.28. The van der Waals surface area contributed by atoms with Crippen LogP contribution < -0.4 is 16.0 Å². The number of rotatable bonds is 14. The third kappa shape index (κ3) is 10.1. The molecule has 0 saturated heterocycles.